The Balaban J connectivity index is 1.40. The molecule has 0 spiro atoms. The summed E-state index contributed by atoms with van der Waals surface area (Å²) in [6.07, 6.45) is 3.36. The van der Waals surface area contributed by atoms with Crippen molar-refractivity contribution in [3.63, 3.8) is 0 Å². The minimum Gasteiger partial charge on any atom is -0.368 e. The predicted octanol–water partition coefficient (Wildman–Crippen LogP) is 3.01. The summed E-state index contributed by atoms with van der Waals surface area (Å²) >= 11 is 0. The Morgan fingerprint density at radius 1 is 1.07 bits per heavy atom. The number of nitrogens with zero attached hydrogens (tertiary/aromatic N) is 2. The highest BCUT2D eigenvalue weighted by Gasteiger charge is 2.38. The van der Waals surface area contributed by atoms with Gasteiger partial charge in [0.25, 0.3) is 5.91 Å². The highest BCUT2D eigenvalue weighted by molar-refractivity contribution is 5.81. The van der Waals surface area contributed by atoms with Crippen molar-refractivity contribution in [2.24, 2.45) is 29.6 Å². The van der Waals surface area contributed by atoms with Crippen LogP contribution in [0.15, 0.2) is 0 Å². The van der Waals surface area contributed by atoms with Crippen molar-refractivity contribution in [1.82, 2.24) is 9.80 Å². The minimum absolute atomic E-state index is 0.143. The van der Waals surface area contributed by atoms with E-state index in [0.717, 1.165) is 38.8 Å². The molecule has 3 aliphatic rings. The van der Waals surface area contributed by atoms with E-state index in [0.29, 0.717) is 49.3 Å². The lowest BCUT2D eigenvalue weighted by Crippen LogP contribution is -2.37. The van der Waals surface area contributed by atoms with Gasteiger partial charge in [0.15, 0.2) is 0 Å². The van der Waals surface area contributed by atoms with E-state index >= 15 is 0 Å². The van der Waals surface area contributed by atoms with E-state index in [9.17, 15) is 18.4 Å². The van der Waals surface area contributed by atoms with E-state index in [2.05, 4.69) is 25.5 Å². The first-order valence-corrected chi connectivity index (χ1v) is 11.3. The third-order valence-corrected chi connectivity index (χ3v) is 7.26. The summed E-state index contributed by atoms with van der Waals surface area (Å²) < 4.78 is 34.3. The van der Waals surface area contributed by atoms with Crippen molar-refractivity contribution >= 4 is 11.8 Å². The van der Waals surface area contributed by atoms with Crippen molar-refractivity contribution in [1.29, 1.82) is 0 Å². The second-order valence-corrected chi connectivity index (χ2v) is 9.67. The molecule has 3 saturated heterocycles. The summed E-state index contributed by atoms with van der Waals surface area (Å²) in [5.41, 5.74) is 0. The standard InChI is InChI=1S/C22H36F2N2O4/c1-14(2)17-4-7-26(10-17)21(28)19-9-16(12-29-19)8-15(3)18-5-6-25(11-18)20(27)13-30-22(23)24/h14-19,22H,4-13H2,1-3H3. The number of alkyl halides is 2. The quantitative estimate of drug-likeness (QED) is 0.594. The Labute approximate surface area is 178 Å². The van der Waals surface area contributed by atoms with E-state index in [-0.39, 0.29) is 17.9 Å². The molecule has 0 aromatic carbocycles. The van der Waals surface area contributed by atoms with Gasteiger partial charge in [-0.2, -0.15) is 8.78 Å². The smallest absolute Gasteiger partial charge is 0.345 e. The molecule has 172 valence electrons. The van der Waals surface area contributed by atoms with Gasteiger partial charge >= 0.3 is 6.61 Å². The number of rotatable bonds is 8. The van der Waals surface area contributed by atoms with Crippen LogP contribution in [0.25, 0.3) is 0 Å². The van der Waals surface area contributed by atoms with Crippen LogP contribution in [-0.4, -0.2) is 73.7 Å². The minimum atomic E-state index is -2.92. The maximum Gasteiger partial charge on any atom is 0.345 e. The first kappa shape index (κ1) is 23.4. The molecule has 0 N–H and O–H groups in total. The zero-order valence-corrected chi connectivity index (χ0v) is 18.4. The third-order valence-electron chi connectivity index (χ3n) is 7.26. The van der Waals surface area contributed by atoms with E-state index < -0.39 is 13.2 Å². The second kappa shape index (κ2) is 10.4. The summed E-state index contributed by atoms with van der Waals surface area (Å²) in [5, 5.41) is 0. The molecule has 8 heteroatoms. The number of carbonyl (C=O) groups excluding carboxylic acids is 2. The van der Waals surface area contributed by atoms with E-state index in [1.54, 1.807) is 4.90 Å². The Morgan fingerprint density at radius 3 is 2.40 bits per heavy atom. The fourth-order valence-corrected chi connectivity index (χ4v) is 5.18. The number of likely N-dealkylation sites (tertiary alicyclic amines) is 2. The molecule has 0 aromatic rings. The van der Waals surface area contributed by atoms with Crippen molar-refractivity contribution in [2.45, 2.75) is 59.2 Å². The molecule has 30 heavy (non-hydrogen) atoms. The van der Waals surface area contributed by atoms with Crippen LogP contribution in [0.2, 0.25) is 0 Å². The monoisotopic (exact) mass is 430 g/mol. The molecule has 2 amide bonds. The van der Waals surface area contributed by atoms with Gasteiger partial charge in [-0.25, -0.2) is 0 Å². The molecule has 0 saturated carbocycles. The SMILES string of the molecule is CC(C)C1CCN(C(=O)C2CC(CC(C)C3CCN(C(=O)COC(F)F)C3)CO2)C1. The summed E-state index contributed by atoms with van der Waals surface area (Å²) in [6.45, 7) is 6.60. The lowest BCUT2D eigenvalue weighted by atomic mass is 9.84. The number of carbonyl (C=O) groups is 2. The number of amides is 2. The Kier molecular flexibility index (Phi) is 8.07. The molecule has 0 radical (unpaired) electrons. The van der Waals surface area contributed by atoms with Crippen molar-refractivity contribution in [3.8, 4) is 0 Å². The first-order chi connectivity index (χ1) is 14.2. The maximum absolute atomic E-state index is 12.8. The van der Waals surface area contributed by atoms with Crippen LogP contribution < -0.4 is 0 Å². The Morgan fingerprint density at radius 2 is 1.73 bits per heavy atom. The molecule has 6 nitrogen and oxygen atoms in total. The summed E-state index contributed by atoms with van der Waals surface area (Å²) in [4.78, 5) is 28.4. The predicted molar refractivity (Wildman–Crippen MR) is 108 cm³/mol. The first-order valence-electron chi connectivity index (χ1n) is 11.3. The summed E-state index contributed by atoms with van der Waals surface area (Å²) in [5.74, 6) is 2.05. The zero-order chi connectivity index (χ0) is 21.8. The van der Waals surface area contributed by atoms with Gasteiger partial charge < -0.3 is 19.3 Å². The Bertz CT molecular complexity index is 604. The molecule has 3 fully saturated rings. The average molecular weight is 431 g/mol. The molecule has 0 aliphatic carbocycles. The molecular weight excluding hydrogens is 394 g/mol. The lowest BCUT2D eigenvalue weighted by molar-refractivity contribution is -0.159. The van der Waals surface area contributed by atoms with Crippen LogP contribution in [0.5, 0.6) is 0 Å². The highest BCUT2D eigenvalue weighted by atomic mass is 19.3. The van der Waals surface area contributed by atoms with Gasteiger partial charge in [-0.15, -0.1) is 0 Å². The number of ether oxygens (including phenoxy) is 2. The fourth-order valence-electron chi connectivity index (χ4n) is 5.18. The lowest BCUT2D eigenvalue weighted by Gasteiger charge is -2.23. The van der Waals surface area contributed by atoms with Crippen LogP contribution in [-0.2, 0) is 19.1 Å². The van der Waals surface area contributed by atoms with Gasteiger partial charge in [-0.1, -0.05) is 20.8 Å². The number of hydrogen-bond acceptors (Lipinski definition) is 4. The van der Waals surface area contributed by atoms with Crippen molar-refractivity contribution < 1.29 is 27.8 Å². The maximum atomic E-state index is 12.8. The normalized spacial score (nSPS) is 30.6. The number of halogens is 2. The molecule has 5 atom stereocenters. The Hall–Kier alpha value is -1.28. The van der Waals surface area contributed by atoms with Crippen LogP contribution >= 0.6 is 0 Å². The highest BCUT2D eigenvalue weighted by Crippen LogP contribution is 2.34. The van der Waals surface area contributed by atoms with Gasteiger partial charge in [0.1, 0.15) is 12.7 Å². The van der Waals surface area contributed by atoms with Gasteiger partial charge in [0.2, 0.25) is 5.91 Å². The number of hydrogen-bond donors (Lipinski definition) is 0. The van der Waals surface area contributed by atoms with Crippen LogP contribution in [0.4, 0.5) is 8.78 Å². The average Bonchev–Trinajstić information content (AvgIpc) is 3.45. The van der Waals surface area contributed by atoms with E-state index in [4.69, 9.17) is 4.74 Å². The molecule has 3 aliphatic heterocycles. The van der Waals surface area contributed by atoms with Gasteiger partial charge in [0, 0.05) is 26.2 Å². The molecule has 3 heterocycles. The van der Waals surface area contributed by atoms with E-state index in [1.807, 2.05) is 4.90 Å². The van der Waals surface area contributed by atoms with E-state index in [1.165, 1.54) is 0 Å². The fraction of sp³-hybridized carbons (Fsp3) is 0.909. The topological polar surface area (TPSA) is 59.1 Å². The van der Waals surface area contributed by atoms with Crippen molar-refractivity contribution in [3.05, 3.63) is 0 Å². The molecule has 0 bridgehead atoms. The van der Waals surface area contributed by atoms with Crippen molar-refractivity contribution in [2.75, 3.05) is 39.4 Å². The molecular formula is C22H36F2N2O4. The summed E-state index contributed by atoms with van der Waals surface area (Å²) in [6, 6.07) is 0. The van der Waals surface area contributed by atoms with Crippen LogP contribution in [0.3, 0.4) is 0 Å². The largest absolute Gasteiger partial charge is 0.368 e. The molecule has 3 rings (SSSR count). The van der Waals surface area contributed by atoms with Crippen LogP contribution in [0, 0.1) is 29.6 Å². The molecule has 0 aromatic heterocycles. The second-order valence-electron chi connectivity index (χ2n) is 9.67. The van der Waals surface area contributed by atoms with Gasteiger partial charge in [-0.05, 0) is 55.3 Å². The van der Waals surface area contributed by atoms with Gasteiger partial charge in [-0.3, -0.25) is 9.59 Å². The molecule has 5 unspecified atom stereocenters. The third kappa shape index (κ3) is 5.90. The van der Waals surface area contributed by atoms with Gasteiger partial charge in [0.05, 0.1) is 6.61 Å². The summed E-state index contributed by atoms with van der Waals surface area (Å²) in [7, 11) is 0. The zero-order valence-electron chi connectivity index (χ0n) is 18.4. The van der Waals surface area contributed by atoms with Crippen LogP contribution in [0.1, 0.15) is 46.5 Å².